The molecule has 0 saturated carbocycles. The lowest BCUT2D eigenvalue weighted by Crippen LogP contribution is -2.26. The van der Waals surface area contributed by atoms with Gasteiger partial charge in [0.2, 0.25) is 0 Å². The first kappa shape index (κ1) is 16.4. The number of nitrogens with one attached hydrogen (secondary N) is 1. The summed E-state index contributed by atoms with van der Waals surface area (Å²) < 4.78 is 19.3. The van der Waals surface area contributed by atoms with E-state index in [0.29, 0.717) is 10.2 Å². The first-order valence-corrected chi connectivity index (χ1v) is 7.46. The van der Waals surface area contributed by atoms with E-state index >= 15 is 0 Å². The summed E-state index contributed by atoms with van der Waals surface area (Å²) in [5.41, 5.74) is 0.962. The lowest BCUT2D eigenvalue weighted by molar-refractivity contribution is 0.379. The van der Waals surface area contributed by atoms with Crippen molar-refractivity contribution in [2.24, 2.45) is 0 Å². The fourth-order valence-electron chi connectivity index (χ4n) is 2.06. The van der Waals surface area contributed by atoms with E-state index in [2.05, 4.69) is 42.0 Å². The number of ether oxygens (including phenoxy) is 1. The Labute approximate surface area is 123 Å². The van der Waals surface area contributed by atoms with Crippen LogP contribution in [0.15, 0.2) is 16.6 Å². The van der Waals surface area contributed by atoms with Crippen LogP contribution in [0.5, 0.6) is 5.75 Å². The van der Waals surface area contributed by atoms with Gasteiger partial charge in [0.1, 0.15) is 11.6 Å². The van der Waals surface area contributed by atoms with Crippen molar-refractivity contribution >= 4 is 15.9 Å². The van der Waals surface area contributed by atoms with Gasteiger partial charge in [-0.2, -0.15) is 0 Å². The molecular weight excluding hydrogens is 309 g/mol. The first-order chi connectivity index (χ1) is 8.92. The lowest BCUT2D eigenvalue weighted by atomic mass is 9.81. The van der Waals surface area contributed by atoms with Crippen LogP contribution in [0.4, 0.5) is 4.39 Å². The molecule has 0 aliphatic rings. The molecule has 0 atom stereocenters. The molecule has 108 valence electrons. The summed E-state index contributed by atoms with van der Waals surface area (Å²) in [7, 11) is 1.58. The Balaban J connectivity index is 2.89. The Morgan fingerprint density at radius 2 is 2.00 bits per heavy atom. The molecule has 0 bridgehead atoms. The molecule has 19 heavy (non-hydrogen) atoms. The van der Waals surface area contributed by atoms with E-state index in [1.54, 1.807) is 7.11 Å². The Kier molecular flexibility index (Phi) is 6.27. The molecule has 0 saturated heterocycles. The third kappa shape index (κ3) is 4.46. The molecule has 0 amide bonds. The highest BCUT2D eigenvalue weighted by atomic mass is 79.9. The van der Waals surface area contributed by atoms with E-state index in [1.165, 1.54) is 6.07 Å². The summed E-state index contributed by atoms with van der Waals surface area (Å²) in [6.07, 6.45) is 2.10. The van der Waals surface area contributed by atoms with E-state index < -0.39 is 0 Å². The van der Waals surface area contributed by atoms with Gasteiger partial charge < -0.3 is 10.1 Å². The average Bonchev–Trinajstić information content (AvgIpc) is 2.37. The molecular formula is C15H23BrFNO. The predicted molar refractivity (Wildman–Crippen MR) is 81.5 cm³/mol. The zero-order chi connectivity index (χ0) is 14.5. The normalized spacial score (nSPS) is 11.7. The largest absolute Gasteiger partial charge is 0.496 e. The van der Waals surface area contributed by atoms with Crippen LogP contribution in [0.3, 0.4) is 0 Å². The molecule has 0 spiro atoms. The van der Waals surface area contributed by atoms with Crippen LogP contribution in [0.2, 0.25) is 0 Å². The second-order valence-corrected chi connectivity index (χ2v) is 6.20. The summed E-state index contributed by atoms with van der Waals surface area (Å²) in [6, 6.07) is 3.27. The van der Waals surface area contributed by atoms with Crippen molar-refractivity contribution in [2.75, 3.05) is 20.2 Å². The Morgan fingerprint density at radius 1 is 1.32 bits per heavy atom. The van der Waals surface area contributed by atoms with E-state index in [0.717, 1.165) is 31.5 Å². The van der Waals surface area contributed by atoms with E-state index in [1.807, 2.05) is 6.07 Å². The van der Waals surface area contributed by atoms with Gasteiger partial charge in [-0.15, -0.1) is 0 Å². The lowest BCUT2D eigenvalue weighted by Gasteiger charge is -2.27. The van der Waals surface area contributed by atoms with Crippen LogP contribution >= 0.6 is 15.9 Å². The highest BCUT2D eigenvalue weighted by Crippen LogP contribution is 2.37. The first-order valence-electron chi connectivity index (χ1n) is 6.66. The van der Waals surface area contributed by atoms with Gasteiger partial charge in [0.25, 0.3) is 0 Å². The smallest absolute Gasteiger partial charge is 0.141 e. The number of rotatable bonds is 7. The number of hydrogen-bond donors (Lipinski definition) is 1. The Morgan fingerprint density at radius 3 is 2.58 bits per heavy atom. The van der Waals surface area contributed by atoms with Crippen molar-refractivity contribution in [3.63, 3.8) is 0 Å². The molecule has 0 radical (unpaired) electrons. The fraction of sp³-hybridized carbons (Fsp3) is 0.600. The van der Waals surface area contributed by atoms with Crippen LogP contribution in [0, 0.1) is 5.82 Å². The SMILES string of the molecule is CCCNCCC(C)(C)c1cc(Br)c(F)cc1OC. The predicted octanol–water partition coefficient (Wildman–Crippen LogP) is 4.26. The standard InChI is InChI=1S/C15H23BrFNO/c1-5-7-18-8-6-15(2,3)11-9-12(16)13(17)10-14(11)19-4/h9-10,18H,5-8H2,1-4H3. The topological polar surface area (TPSA) is 21.3 Å². The van der Waals surface area contributed by atoms with Gasteiger partial charge >= 0.3 is 0 Å². The molecule has 2 nitrogen and oxygen atoms in total. The highest BCUT2D eigenvalue weighted by Gasteiger charge is 2.25. The van der Waals surface area contributed by atoms with Crippen molar-refractivity contribution < 1.29 is 9.13 Å². The maximum absolute atomic E-state index is 13.5. The van der Waals surface area contributed by atoms with Crippen molar-refractivity contribution in [1.29, 1.82) is 0 Å². The van der Waals surface area contributed by atoms with E-state index in [4.69, 9.17) is 4.74 Å². The number of benzene rings is 1. The van der Waals surface area contributed by atoms with Gasteiger partial charge in [-0.1, -0.05) is 20.8 Å². The zero-order valence-corrected chi connectivity index (χ0v) is 13.7. The summed E-state index contributed by atoms with van der Waals surface area (Å²) >= 11 is 3.25. The van der Waals surface area contributed by atoms with Crippen molar-refractivity contribution in [1.82, 2.24) is 5.32 Å². The van der Waals surface area contributed by atoms with Crippen LogP contribution in [-0.2, 0) is 5.41 Å². The van der Waals surface area contributed by atoms with E-state index in [9.17, 15) is 4.39 Å². The summed E-state index contributed by atoms with van der Waals surface area (Å²) in [4.78, 5) is 0. The van der Waals surface area contributed by atoms with Gasteiger partial charge in [-0.05, 0) is 53.3 Å². The number of halogens is 2. The molecule has 0 aliphatic carbocycles. The molecule has 0 heterocycles. The van der Waals surface area contributed by atoms with Crippen LogP contribution in [-0.4, -0.2) is 20.2 Å². The van der Waals surface area contributed by atoms with Crippen molar-refractivity contribution in [3.05, 3.63) is 28.0 Å². The second kappa shape index (κ2) is 7.25. The van der Waals surface area contributed by atoms with Gasteiger partial charge in [-0.3, -0.25) is 0 Å². The number of methoxy groups -OCH3 is 1. The highest BCUT2D eigenvalue weighted by molar-refractivity contribution is 9.10. The van der Waals surface area contributed by atoms with Crippen molar-refractivity contribution in [3.8, 4) is 5.75 Å². The van der Waals surface area contributed by atoms with Crippen LogP contribution < -0.4 is 10.1 Å². The summed E-state index contributed by atoms with van der Waals surface area (Å²) in [5.74, 6) is 0.321. The third-order valence-corrected chi connectivity index (χ3v) is 3.93. The molecule has 4 heteroatoms. The molecule has 1 N–H and O–H groups in total. The molecule has 1 aromatic carbocycles. The summed E-state index contributed by atoms with van der Waals surface area (Å²) in [5, 5.41) is 3.40. The molecule has 1 rings (SSSR count). The van der Waals surface area contributed by atoms with Gasteiger partial charge in [0.15, 0.2) is 0 Å². The van der Waals surface area contributed by atoms with E-state index in [-0.39, 0.29) is 11.2 Å². The van der Waals surface area contributed by atoms with Gasteiger partial charge in [0, 0.05) is 11.6 Å². The summed E-state index contributed by atoms with van der Waals surface area (Å²) in [6.45, 7) is 8.43. The molecule has 0 fully saturated rings. The molecule has 0 aromatic heterocycles. The fourth-order valence-corrected chi connectivity index (χ4v) is 2.41. The van der Waals surface area contributed by atoms with Gasteiger partial charge in [-0.25, -0.2) is 4.39 Å². The van der Waals surface area contributed by atoms with Crippen LogP contribution in [0.1, 0.15) is 39.2 Å². The maximum Gasteiger partial charge on any atom is 0.141 e. The quantitative estimate of drug-likeness (QED) is 0.753. The minimum atomic E-state index is -0.291. The van der Waals surface area contributed by atoms with Crippen molar-refractivity contribution in [2.45, 2.75) is 39.0 Å². The minimum Gasteiger partial charge on any atom is -0.496 e. The Hall–Kier alpha value is -0.610. The number of hydrogen-bond acceptors (Lipinski definition) is 2. The van der Waals surface area contributed by atoms with Gasteiger partial charge in [0.05, 0.1) is 11.6 Å². The average molecular weight is 332 g/mol. The van der Waals surface area contributed by atoms with Crippen LogP contribution in [0.25, 0.3) is 0 Å². The monoisotopic (exact) mass is 331 g/mol. The second-order valence-electron chi connectivity index (χ2n) is 5.35. The third-order valence-electron chi connectivity index (χ3n) is 3.33. The maximum atomic E-state index is 13.5. The minimum absolute atomic E-state index is 0.0672. The molecule has 1 aromatic rings. The zero-order valence-electron chi connectivity index (χ0n) is 12.1. The molecule has 0 unspecified atom stereocenters. The Bertz CT molecular complexity index is 421. The molecule has 0 aliphatic heterocycles.